The van der Waals surface area contributed by atoms with E-state index in [2.05, 4.69) is 36.0 Å². The topological polar surface area (TPSA) is 65.6 Å². The van der Waals surface area contributed by atoms with E-state index in [0.29, 0.717) is 11.5 Å². The Morgan fingerprint density at radius 1 is 1.17 bits per heavy atom. The molecule has 0 radical (unpaired) electrons. The van der Waals surface area contributed by atoms with Gasteiger partial charge in [0.1, 0.15) is 11.9 Å². The number of nitrogens with one attached hydrogen (secondary N) is 1. The molecule has 0 amide bonds. The maximum absolute atomic E-state index is 11.2. The van der Waals surface area contributed by atoms with E-state index in [1.807, 2.05) is 18.3 Å². The van der Waals surface area contributed by atoms with Crippen molar-refractivity contribution in [2.45, 2.75) is 44.1 Å². The Bertz CT molecular complexity index is 1080. The van der Waals surface area contributed by atoms with Crippen LogP contribution in [0.4, 0.5) is 0 Å². The number of nitrogens with zero attached hydrogens (tertiary/aromatic N) is 1. The number of aromatic amines is 1. The molecule has 5 heteroatoms. The molecule has 0 unspecified atom stereocenters. The number of rotatable bonds is 5. The highest BCUT2D eigenvalue weighted by molar-refractivity contribution is 5.90. The minimum Gasteiger partial charge on any atom is -0.489 e. The number of likely N-dealkylation sites (tertiary alicyclic amines) is 1. The van der Waals surface area contributed by atoms with Crippen LogP contribution in [-0.2, 0) is 0 Å². The molecule has 0 spiro atoms. The predicted octanol–water partition coefficient (Wildman–Crippen LogP) is 4.92. The first-order chi connectivity index (χ1) is 14.5. The number of carbonyl (C=O) groups is 1. The smallest absolute Gasteiger partial charge is 0.335 e. The molecule has 2 heterocycles. The van der Waals surface area contributed by atoms with Crippen molar-refractivity contribution in [1.82, 2.24) is 9.88 Å². The summed E-state index contributed by atoms with van der Waals surface area (Å²) < 4.78 is 6.84. The van der Waals surface area contributed by atoms with Gasteiger partial charge in [-0.15, -0.1) is 0 Å². The van der Waals surface area contributed by atoms with Gasteiger partial charge in [-0.2, -0.15) is 0 Å². The number of piperidine rings is 1. The number of H-pyrrole nitrogens is 1. The first kappa shape index (κ1) is 19.2. The van der Waals surface area contributed by atoms with Gasteiger partial charge < -0.3 is 19.7 Å². The third-order valence-electron chi connectivity index (χ3n) is 6.64. The number of hydrogen-bond acceptors (Lipinski definition) is 3. The van der Waals surface area contributed by atoms with Crippen molar-refractivity contribution in [2.24, 2.45) is 0 Å². The molecule has 1 saturated heterocycles. The van der Waals surface area contributed by atoms with Gasteiger partial charge in [0.25, 0.3) is 0 Å². The molecule has 2 fully saturated rings. The number of carboxylic acids is 1. The molecule has 2 atom stereocenters. The Balaban J connectivity index is 1.51. The highest BCUT2D eigenvalue weighted by atomic mass is 16.5. The normalized spacial score (nSPS) is 22.3. The summed E-state index contributed by atoms with van der Waals surface area (Å²) in [5.41, 5.74) is 5.24. The molecule has 5 rings (SSSR count). The van der Waals surface area contributed by atoms with Crippen molar-refractivity contribution in [3.8, 4) is 5.75 Å². The molecular formula is C25H28N2O3. The molecular weight excluding hydrogens is 376 g/mol. The third kappa shape index (κ3) is 3.47. The summed E-state index contributed by atoms with van der Waals surface area (Å²) in [6.07, 6.45) is 5.48. The zero-order valence-corrected chi connectivity index (χ0v) is 17.5. The molecule has 0 bridgehead atoms. The van der Waals surface area contributed by atoms with Gasteiger partial charge in [0.15, 0.2) is 0 Å². The van der Waals surface area contributed by atoms with Crippen molar-refractivity contribution in [3.05, 3.63) is 64.8 Å². The van der Waals surface area contributed by atoms with Gasteiger partial charge in [0, 0.05) is 30.6 Å². The summed E-state index contributed by atoms with van der Waals surface area (Å²) in [6, 6.07) is 11.7. The van der Waals surface area contributed by atoms with Gasteiger partial charge in [-0.25, -0.2) is 4.79 Å². The molecule has 1 aromatic heterocycles. The fraction of sp³-hybridized carbons (Fsp3) is 0.400. The lowest BCUT2D eigenvalue weighted by Crippen LogP contribution is -2.42. The van der Waals surface area contributed by atoms with Crippen LogP contribution in [0.3, 0.4) is 0 Å². The molecule has 5 nitrogen and oxygen atoms in total. The second-order valence-corrected chi connectivity index (χ2v) is 8.89. The number of likely N-dealkylation sites (N-methyl/N-ethyl adjacent to an activating group) is 1. The van der Waals surface area contributed by atoms with E-state index in [1.165, 1.54) is 29.4 Å². The number of fused-ring (bicyclic) bond motifs is 1. The summed E-state index contributed by atoms with van der Waals surface area (Å²) in [5.74, 6) is 0.964. The van der Waals surface area contributed by atoms with E-state index in [4.69, 9.17) is 4.74 Å². The summed E-state index contributed by atoms with van der Waals surface area (Å²) >= 11 is 0. The van der Waals surface area contributed by atoms with Gasteiger partial charge in [-0.3, -0.25) is 0 Å². The number of aromatic nitrogens is 1. The van der Waals surface area contributed by atoms with Crippen LogP contribution in [0.15, 0.2) is 42.6 Å². The number of carboxylic acid groups (broad SMARTS) is 1. The Morgan fingerprint density at radius 2 is 1.93 bits per heavy atom. The molecule has 2 aromatic carbocycles. The Morgan fingerprint density at radius 3 is 2.63 bits per heavy atom. The number of ether oxygens (including phenoxy) is 1. The highest BCUT2D eigenvalue weighted by Crippen LogP contribution is 2.48. The Labute approximate surface area is 176 Å². The third-order valence-corrected chi connectivity index (χ3v) is 6.64. The van der Waals surface area contributed by atoms with Gasteiger partial charge in [0.05, 0.1) is 11.1 Å². The lowest BCUT2D eigenvalue weighted by Gasteiger charge is -2.37. The molecule has 1 aliphatic carbocycles. The largest absolute Gasteiger partial charge is 0.489 e. The number of aromatic carboxylic acids is 1. The summed E-state index contributed by atoms with van der Waals surface area (Å²) in [4.78, 5) is 17.0. The van der Waals surface area contributed by atoms with Crippen molar-refractivity contribution < 1.29 is 14.6 Å². The molecule has 2 aliphatic rings. The molecule has 1 aliphatic heterocycles. The van der Waals surface area contributed by atoms with Gasteiger partial charge in [-0.05, 0) is 74.0 Å². The van der Waals surface area contributed by atoms with Crippen LogP contribution in [0.5, 0.6) is 5.75 Å². The minimum absolute atomic E-state index is 0.0650. The molecule has 2 N–H and O–H groups in total. The van der Waals surface area contributed by atoms with Crippen molar-refractivity contribution >= 4 is 16.9 Å². The number of aryl methyl sites for hydroxylation is 1. The lowest BCUT2D eigenvalue weighted by atomic mass is 9.87. The van der Waals surface area contributed by atoms with Gasteiger partial charge in [0.2, 0.25) is 0 Å². The first-order valence-electron chi connectivity index (χ1n) is 10.8. The predicted molar refractivity (Wildman–Crippen MR) is 118 cm³/mol. The van der Waals surface area contributed by atoms with Crippen molar-refractivity contribution in [2.75, 3.05) is 20.1 Å². The summed E-state index contributed by atoms with van der Waals surface area (Å²) in [5, 5.41) is 10.4. The van der Waals surface area contributed by atoms with E-state index in [1.54, 1.807) is 12.1 Å². The van der Waals surface area contributed by atoms with Crippen LogP contribution in [0.2, 0.25) is 0 Å². The van der Waals surface area contributed by atoms with Crippen LogP contribution in [0, 0.1) is 6.92 Å². The maximum atomic E-state index is 11.2. The molecule has 30 heavy (non-hydrogen) atoms. The molecule has 1 saturated carbocycles. The van der Waals surface area contributed by atoms with Crippen LogP contribution >= 0.6 is 0 Å². The second-order valence-electron chi connectivity index (χ2n) is 8.89. The lowest BCUT2D eigenvalue weighted by molar-refractivity contribution is 0.0696. The number of hydrogen-bond donors (Lipinski definition) is 2. The fourth-order valence-electron chi connectivity index (χ4n) is 4.82. The quantitative estimate of drug-likeness (QED) is 0.634. The summed E-state index contributed by atoms with van der Waals surface area (Å²) in [7, 11) is 2.14. The van der Waals surface area contributed by atoms with E-state index in [0.717, 1.165) is 36.3 Å². The van der Waals surface area contributed by atoms with Crippen LogP contribution in [0.25, 0.3) is 10.9 Å². The maximum Gasteiger partial charge on any atom is 0.335 e. The van der Waals surface area contributed by atoms with E-state index in [-0.39, 0.29) is 12.0 Å². The van der Waals surface area contributed by atoms with Crippen molar-refractivity contribution in [3.63, 3.8) is 0 Å². The number of benzene rings is 2. The van der Waals surface area contributed by atoms with E-state index in [9.17, 15) is 9.90 Å². The summed E-state index contributed by atoms with van der Waals surface area (Å²) in [6.45, 7) is 4.06. The van der Waals surface area contributed by atoms with Crippen molar-refractivity contribution in [1.29, 1.82) is 0 Å². The fourth-order valence-corrected chi connectivity index (χ4v) is 4.82. The van der Waals surface area contributed by atoms with Crippen LogP contribution in [0.1, 0.15) is 58.1 Å². The minimum atomic E-state index is -0.890. The monoisotopic (exact) mass is 404 g/mol. The van der Waals surface area contributed by atoms with Gasteiger partial charge in [-0.1, -0.05) is 18.2 Å². The Kier molecular flexibility index (Phi) is 4.78. The highest BCUT2D eigenvalue weighted by Gasteiger charge is 2.34. The molecule has 156 valence electrons. The van der Waals surface area contributed by atoms with E-state index >= 15 is 0 Å². The van der Waals surface area contributed by atoms with Crippen LogP contribution < -0.4 is 4.74 Å². The second kappa shape index (κ2) is 7.47. The average Bonchev–Trinajstić information content (AvgIpc) is 3.46. The average molecular weight is 405 g/mol. The van der Waals surface area contributed by atoms with Gasteiger partial charge >= 0.3 is 5.97 Å². The SMILES string of the molecule is Cc1cc(C2CC2)c(O[C@@H]2CCN(C)C[C@H]2c2ccc(C(=O)O)cc2)c2cc[nH]c12. The van der Waals surface area contributed by atoms with Crippen LogP contribution in [-0.4, -0.2) is 47.2 Å². The zero-order valence-electron chi connectivity index (χ0n) is 17.5. The zero-order chi connectivity index (χ0) is 20.8. The molecule has 3 aromatic rings. The van der Waals surface area contributed by atoms with E-state index < -0.39 is 5.97 Å². The Hall–Kier alpha value is -2.79. The first-order valence-corrected chi connectivity index (χ1v) is 10.8. The standard InChI is InChI=1S/C25H28N2O3/c1-15-13-20(16-3-4-16)24(19-9-11-26-23(15)19)30-22-10-12-27(2)14-21(22)17-5-7-18(8-6-17)25(28)29/h5-9,11,13,16,21-22,26H,3-4,10,12,14H2,1-2H3,(H,28,29)/t21-,22+/m0/s1.